The van der Waals surface area contributed by atoms with Crippen molar-refractivity contribution in [2.45, 2.75) is 26.2 Å². The van der Waals surface area contributed by atoms with Crippen molar-refractivity contribution >= 4 is 17.9 Å². The molecule has 0 N–H and O–H groups in total. The summed E-state index contributed by atoms with van der Waals surface area (Å²) in [6, 6.07) is 13.1. The number of carbonyl (C=O) groups is 1. The van der Waals surface area contributed by atoms with Crippen molar-refractivity contribution in [1.29, 1.82) is 0 Å². The molecule has 1 atom stereocenters. The van der Waals surface area contributed by atoms with Crippen molar-refractivity contribution in [2.75, 3.05) is 0 Å². The highest BCUT2D eigenvalue weighted by Crippen LogP contribution is 2.33. The van der Waals surface area contributed by atoms with Gasteiger partial charge in [0, 0.05) is 11.6 Å². The van der Waals surface area contributed by atoms with Gasteiger partial charge in [-0.05, 0) is 36.1 Å². The first-order chi connectivity index (χ1) is 9.65. The van der Waals surface area contributed by atoms with Crippen LogP contribution in [0.15, 0.2) is 42.5 Å². The zero-order valence-electron chi connectivity index (χ0n) is 11.6. The molecule has 3 heteroatoms. The molecule has 104 valence electrons. The van der Waals surface area contributed by atoms with E-state index >= 15 is 0 Å². The molecule has 0 amide bonds. The largest absolute Gasteiger partial charge is 0.457 e. The summed E-state index contributed by atoms with van der Waals surface area (Å²) in [5.74, 6) is 1.89. The first-order valence-corrected chi connectivity index (χ1v) is 7.05. The van der Waals surface area contributed by atoms with Gasteiger partial charge in [0.25, 0.3) is 0 Å². The minimum atomic E-state index is 0.401. The lowest BCUT2D eigenvalue weighted by atomic mass is 9.98. The van der Waals surface area contributed by atoms with Gasteiger partial charge in [0.05, 0.1) is 5.02 Å². The molecule has 0 saturated heterocycles. The van der Waals surface area contributed by atoms with Crippen LogP contribution in [-0.2, 0) is 0 Å². The standard InChI is InChI=1S/C17H17ClO2/c1-3-12(2)15-6-4-5-7-17(15)20-14-9-8-13(11-19)16(18)10-14/h4-12H,3H2,1-2H3. The van der Waals surface area contributed by atoms with Gasteiger partial charge >= 0.3 is 0 Å². The molecule has 2 aromatic rings. The second-order valence-corrected chi connectivity index (χ2v) is 5.16. The van der Waals surface area contributed by atoms with Gasteiger partial charge in [0.15, 0.2) is 6.29 Å². The molecular formula is C17H17ClO2. The highest BCUT2D eigenvalue weighted by atomic mass is 35.5. The normalized spacial score (nSPS) is 11.9. The number of para-hydroxylation sites is 1. The van der Waals surface area contributed by atoms with Crippen LogP contribution in [0.25, 0.3) is 0 Å². The van der Waals surface area contributed by atoms with Gasteiger partial charge in [0.1, 0.15) is 11.5 Å². The van der Waals surface area contributed by atoms with E-state index in [4.69, 9.17) is 16.3 Å². The third-order valence-corrected chi connectivity index (χ3v) is 3.72. The molecule has 2 nitrogen and oxygen atoms in total. The summed E-state index contributed by atoms with van der Waals surface area (Å²) in [6.45, 7) is 4.32. The maximum atomic E-state index is 10.8. The van der Waals surface area contributed by atoms with E-state index in [-0.39, 0.29) is 0 Å². The molecule has 0 spiro atoms. The van der Waals surface area contributed by atoms with Crippen molar-refractivity contribution < 1.29 is 9.53 Å². The van der Waals surface area contributed by atoms with Crippen LogP contribution < -0.4 is 4.74 Å². The molecule has 2 aromatic carbocycles. The fraction of sp³-hybridized carbons (Fsp3) is 0.235. The second kappa shape index (κ2) is 6.58. The molecule has 0 aromatic heterocycles. The summed E-state index contributed by atoms with van der Waals surface area (Å²) in [6.07, 6.45) is 1.78. The van der Waals surface area contributed by atoms with Crippen LogP contribution in [0.2, 0.25) is 5.02 Å². The zero-order chi connectivity index (χ0) is 14.5. The molecule has 0 fully saturated rings. The minimum absolute atomic E-state index is 0.401. The van der Waals surface area contributed by atoms with E-state index in [0.29, 0.717) is 22.3 Å². The summed E-state index contributed by atoms with van der Waals surface area (Å²) in [5.41, 5.74) is 1.64. The molecule has 0 aliphatic rings. The number of rotatable bonds is 5. The van der Waals surface area contributed by atoms with Gasteiger partial charge in [-0.25, -0.2) is 0 Å². The predicted octanol–water partition coefficient (Wildman–Crippen LogP) is 5.46. The number of hydrogen-bond donors (Lipinski definition) is 0. The SMILES string of the molecule is CCC(C)c1ccccc1Oc1ccc(C=O)c(Cl)c1. The quantitative estimate of drug-likeness (QED) is 0.683. The first-order valence-electron chi connectivity index (χ1n) is 6.67. The lowest BCUT2D eigenvalue weighted by Gasteiger charge is -2.15. The van der Waals surface area contributed by atoms with Crippen LogP contribution >= 0.6 is 11.6 Å². The molecule has 0 aliphatic heterocycles. The van der Waals surface area contributed by atoms with Gasteiger partial charge < -0.3 is 4.74 Å². The Labute approximate surface area is 124 Å². The number of halogens is 1. The van der Waals surface area contributed by atoms with Crippen LogP contribution in [-0.4, -0.2) is 6.29 Å². The summed E-state index contributed by atoms with van der Waals surface area (Å²) < 4.78 is 5.91. The Morgan fingerprint density at radius 1 is 1.25 bits per heavy atom. The number of carbonyl (C=O) groups excluding carboxylic acids is 1. The zero-order valence-corrected chi connectivity index (χ0v) is 12.4. The van der Waals surface area contributed by atoms with E-state index in [0.717, 1.165) is 18.5 Å². The van der Waals surface area contributed by atoms with E-state index in [2.05, 4.69) is 19.9 Å². The summed E-state index contributed by atoms with van der Waals surface area (Å²) in [7, 11) is 0. The first kappa shape index (κ1) is 14.6. The Hall–Kier alpha value is -1.80. The lowest BCUT2D eigenvalue weighted by molar-refractivity contribution is 0.112. The van der Waals surface area contributed by atoms with E-state index in [1.807, 2.05) is 18.2 Å². The van der Waals surface area contributed by atoms with Gasteiger partial charge in [-0.1, -0.05) is 43.6 Å². The summed E-state index contributed by atoms with van der Waals surface area (Å²) >= 11 is 6.01. The van der Waals surface area contributed by atoms with Gasteiger partial charge in [-0.3, -0.25) is 4.79 Å². The topological polar surface area (TPSA) is 26.3 Å². The molecule has 1 unspecified atom stereocenters. The van der Waals surface area contributed by atoms with Gasteiger partial charge in [-0.15, -0.1) is 0 Å². The molecule has 0 bridgehead atoms. The van der Waals surface area contributed by atoms with Crippen LogP contribution in [0, 0.1) is 0 Å². The highest BCUT2D eigenvalue weighted by Gasteiger charge is 2.11. The Balaban J connectivity index is 2.30. The van der Waals surface area contributed by atoms with Crippen LogP contribution in [0.5, 0.6) is 11.5 Å². The van der Waals surface area contributed by atoms with E-state index in [1.54, 1.807) is 18.2 Å². The van der Waals surface area contributed by atoms with Gasteiger partial charge in [0.2, 0.25) is 0 Å². The smallest absolute Gasteiger partial charge is 0.151 e. The fourth-order valence-corrected chi connectivity index (χ4v) is 2.21. The average molecular weight is 289 g/mol. The minimum Gasteiger partial charge on any atom is -0.457 e. The molecule has 0 radical (unpaired) electrons. The molecule has 0 saturated carbocycles. The van der Waals surface area contributed by atoms with E-state index < -0.39 is 0 Å². The number of aldehydes is 1. The molecular weight excluding hydrogens is 272 g/mol. The van der Waals surface area contributed by atoms with Crippen molar-refractivity contribution in [1.82, 2.24) is 0 Å². The molecule has 2 rings (SSSR count). The van der Waals surface area contributed by atoms with Crippen LogP contribution in [0.3, 0.4) is 0 Å². The van der Waals surface area contributed by atoms with Crippen molar-refractivity contribution in [3.8, 4) is 11.5 Å². The van der Waals surface area contributed by atoms with E-state index in [1.165, 1.54) is 5.56 Å². The lowest BCUT2D eigenvalue weighted by Crippen LogP contribution is -1.96. The fourth-order valence-electron chi connectivity index (χ4n) is 1.99. The molecule has 0 heterocycles. The van der Waals surface area contributed by atoms with Gasteiger partial charge in [-0.2, -0.15) is 0 Å². The number of ether oxygens (including phenoxy) is 1. The monoisotopic (exact) mass is 288 g/mol. The van der Waals surface area contributed by atoms with Crippen molar-refractivity contribution in [3.63, 3.8) is 0 Å². The third-order valence-electron chi connectivity index (χ3n) is 3.39. The van der Waals surface area contributed by atoms with E-state index in [9.17, 15) is 4.79 Å². The molecule has 20 heavy (non-hydrogen) atoms. The number of benzene rings is 2. The Morgan fingerprint density at radius 2 is 2.00 bits per heavy atom. The highest BCUT2D eigenvalue weighted by molar-refractivity contribution is 6.33. The molecule has 0 aliphatic carbocycles. The predicted molar refractivity (Wildman–Crippen MR) is 82.1 cm³/mol. The van der Waals surface area contributed by atoms with Crippen molar-refractivity contribution in [3.05, 3.63) is 58.6 Å². The number of hydrogen-bond acceptors (Lipinski definition) is 2. The second-order valence-electron chi connectivity index (χ2n) is 4.75. The summed E-state index contributed by atoms with van der Waals surface area (Å²) in [4.78, 5) is 10.8. The maximum absolute atomic E-state index is 10.8. The summed E-state index contributed by atoms with van der Waals surface area (Å²) in [5, 5.41) is 0.401. The van der Waals surface area contributed by atoms with Crippen molar-refractivity contribution in [2.24, 2.45) is 0 Å². The Morgan fingerprint density at radius 3 is 2.65 bits per heavy atom. The maximum Gasteiger partial charge on any atom is 0.151 e. The Kier molecular flexibility index (Phi) is 4.80. The van der Waals surface area contributed by atoms with Crippen LogP contribution in [0.1, 0.15) is 42.1 Å². The third kappa shape index (κ3) is 3.20. The Bertz CT molecular complexity index is 608. The average Bonchev–Trinajstić information content (AvgIpc) is 2.47. The van der Waals surface area contributed by atoms with Crippen LogP contribution in [0.4, 0.5) is 0 Å².